The first-order valence-electron chi connectivity index (χ1n) is 9.87. The SMILES string of the molecule is C=C(C)C(=O)Oc1ccc2ccccc2c1C1OCC2(CO1)CC1C=CC2C1. The summed E-state index contributed by atoms with van der Waals surface area (Å²) in [6.07, 6.45) is 6.47. The Morgan fingerprint density at radius 2 is 1.93 bits per heavy atom. The van der Waals surface area contributed by atoms with Crippen LogP contribution in [0.2, 0.25) is 0 Å². The van der Waals surface area contributed by atoms with Crippen molar-refractivity contribution < 1.29 is 19.0 Å². The first-order chi connectivity index (χ1) is 13.6. The summed E-state index contributed by atoms with van der Waals surface area (Å²) in [5.74, 6) is 1.24. The number of carbonyl (C=O) groups excluding carboxylic acids is 1. The molecule has 1 aliphatic heterocycles. The molecule has 4 nitrogen and oxygen atoms in total. The normalized spacial score (nSPS) is 30.8. The fourth-order valence-electron chi connectivity index (χ4n) is 4.92. The molecule has 3 aliphatic rings. The average molecular weight is 376 g/mol. The first kappa shape index (κ1) is 17.7. The molecule has 2 unspecified atom stereocenters. The number of esters is 1. The van der Waals surface area contributed by atoms with E-state index < -0.39 is 12.3 Å². The van der Waals surface area contributed by atoms with E-state index in [0.717, 1.165) is 22.8 Å². The molecule has 2 aromatic rings. The number of fused-ring (bicyclic) bond motifs is 4. The molecule has 144 valence electrons. The van der Waals surface area contributed by atoms with Crippen LogP contribution < -0.4 is 4.74 Å². The zero-order valence-electron chi connectivity index (χ0n) is 16.0. The second kappa shape index (κ2) is 6.57. The third kappa shape index (κ3) is 2.79. The molecule has 2 aliphatic carbocycles. The highest BCUT2D eigenvalue weighted by Crippen LogP contribution is 2.55. The van der Waals surface area contributed by atoms with Crippen molar-refractivity contribution >= 4 is 16.7 Å². The van der Waals surface area contributed by atoms with Crippen LogP contribution in [0.25, 0.3) is 10.8 Å². The van der Waals surface area contributed by atoms with E-state index in [0.29, 0.717) is 36.4 Å². The summed E-state index contributed by atoms with van der Waals surface area (Å²) in [6.45, 7) is 6.66. The molecule has 28 heavy (non-hydrogen) atoms. The topological polar surface area (TPSA) is 44.8 Å². The molecule has 1 saturated heterocycles. The lowest BCUT2D eigenvalue weighted by molar-refractivity contribution is -0.239. The van der Waals surface area contributed by atoms with Gasteiger partial charge in [-0.15, -0.1) is 0 Å². The van der Waals surface area contributed by atoms with Crippen molar-refractivity contribution in [3.8, 4) is 5.75 Å². The maximum atomic E-state index is 12.2. The molecule has 0 aromatic heterocycles. The summed E-state index contributed by atoms with van der Waals surface area (Å²) in [6, 6.07) is 11.8. The minimum Gasteiger partial charge on any atom is -0.423 e. The molecular formula is C24H24O4. The van der Waals surface area contributed by atoms with Crippen LogP contribution in [0.4, 0.5) is 0 Å². The Labute approximate surface area is 164 Å². The zero-order valence-corrected chi connectivity index (χ0v) is 16.0. The minimum atomic E-state index is -0.548. The van der Waals surface area contributed by atoms with Crippen LogP contribution in [-0.4, -0.2) is 19.2 Å². The molecule has 2 aromatic carbocycles. The molecule has 0 N–H and O–H groups in total. The lowest BCUT2D eigenvalue weighted by Gasteiger charge is -2.41. The molecule has 2 atom stereocenters. The summed E-state index contributed by atoms with van der Waals surface area (Å²) < 4.78 is 18.2. The van der Waals surface area contributed by atoms with Gasteiger partial charge in [-0.2, -0.15) is 0 Å². The molecule has 2 fully saturated rings. The van der Waals surface area contributed by atoms with Gasteiger partial charge in [-0.05, 0) is 48.4 Å². The predicted molar refractivity (Wildman–Crippen MR) is 107 cm³/mol. The van der Waals surface area contributed by atoms with Crippen molar-refractivity contribution in [2.24, 2.45) is 17.3 Å². The van der Waals surface area contributed by atoms with E-state index in [1.165, 1.54) is 6.42 Å². The minimum absolute atomic E-state index is 0.0923. The molecular weight excluding hydrogens is 352 g/mol. The van der Waals surface area contributed by atoms with Crippen molar-refractivity contribution in [1.82, 2.24) is 0 Å². The quantitative estimate of drug-likeness (QED) is 0.329. The lowest BCUT2D eigenvalue weighted by Crippen LogP contribution is -2.41. The smallest absolute Gasteiger partial charge is 0.338 e. The monoisotopic (exact) mass is 376 g/mol. The largest absolute Gasteiger partial charge is 0.423 e. The number of hydrogen-bond acceptors (Lipinski definition) is 4. The van der Waals surface area contributed by atoms with Gasteiger partial charge in [-0.1, -0.05) is 49.1 Å². The summed E-state index contributed by atoms with van der Waals surface area (Å²) in [7, 11) is 0. The Balaban J connectivity index is 1.48. The molecule has 0 amide bonds. The summed E-state index contributed by atoms with van der Waals surface area (Å²) in [4.78, 5) is 12.2. The molecule has 1 spiro atoms. The van der Waals surface area contributed by atoms with Crippen LogP contribution in [0.3, 0.4) is 0 Å². The van der Waals surface area contributed by atoms with Gasteiger partial charge in [0.05, 0.1) is 18.8 Å². The third-order valence-corrected chi connectivity index (χ3v) is 6.39. The van der Waals surface area contributed by atoms with Gasteiger partial charge in [-0.25, -0.2) is 4.79 Å². The van der Waals surface area contributed by atoms with E-state index in [1.807, 2.05) is 36.4 Å². The van der Waals surface area contributed by atoms with Gasteiger partial charge in [0, 0.05) is 11.0 Å². The maximum absolute atomic E-state index is 12.2. The number of allylic oxidation sites excluding steroid dienone is 2. The predicted octanol–water partition coefficient (Wildman–Crippen LogP) is 4.95. The number of benzene rings is 2. The van der Waals surface area contributed by atoms with Crippen LogP contribution in [0.1, 0.15) is 31.6 Å². The Kier molecular flexibility index (Phi) is 4.14. The highest BCUT2D eigenvalue weighted by molar-refractivity contribution is 5.92. The summed E-state index contributed by atoms with van der Waals surface area (Å²) in [5, 5.41) is 2.03. The molecule has 2 bridgehead atoms. The van der Waals surface area contributed by atoms with Crippen LogP contribution in [0.5, 0.6) is 5.75 Å². The van der Waals surface area contributed by atoms with Gasteiger partial charge in [-0.3, -0.25) is 0 Å². The Morgan fingerprint density at radius 3 is 2.61 bits per heavy atom. The molecule has 1 saturated carbocycles. The van der Waals surface area contributed by atoms with Gasteiger partial charge >= 0.3 is 5.97 Å². The molecule has 4 heteroatoms. The van der Waals surface area contributed by atoms with Gasteiger partial charge in [0.1, 0.15) is 5.75 Å². The van der Waals surface area contributed by atoms with Crippen molar-refractivity contribution in [3.05, 3.63) is 66.3 Å². The van der Waals surface area contributed by atoms with Crippen LogP contribution in [0.15, 0.2) is 60.7 Å². The van der Waals surface area contributed by atoms with E-state index in [-0.39, 0.29) is 5.41 Å². The van der Waals surface area contributed by atoms with Crippen molar-refractivity contribution in [2.75, 3.05) is 13.2 Å². The van der Waals surface area contributed by atoms with Gasteiger partial charge in [0.15, 0.2) is 6.29 Å². The Hall–Kier alpha value is -2.43. The summed E-state index contributed by atoms with van der Waals surface area (Å²) >= 11 is 0. The van der Waals surface area contributed by atoms with E-state index in [9.17, 15) is 4.79 Å². The van der Waals surface area contributed by atoms with Crippen LogP contribution in [0, 0.1) is 17.3 Å². The average Bonchev–Trinajstić information content (AvgIpc) is 3.30. The van der Waals surface area contributed by atoms with E-state index in [1.54, 1.807) is 6.92 Å². The highest BCUT2D eigenvalue weighted by atomic mass is 16.7. The number of rotatable bonds is 3. The number of ether oxygens (including phenoxy) is 3. The molecule has 0 radical (unpaired) electrons. The van der Waals surface area contributed by atoms with Gasteiger partial charge < -0.3 is 14.2 Å². The zero-order chi connectivity index (χ0) is 19.3. The van der Waals surface area contributed by atoms with Gasteiger partial charge in [0.2, 0.25) is 0 Å². The van der Waals surface area contributed by atoms with Crippen molar-refractivity contribution in [2.45, 2.75) is 26.1 Å². The van der Waals surface area contributed by atoms with E-state index >= 15 is 0 Å². The maximum Gasteiger partial charge on any atom is 0.338 e. The number of carbonyl (C=O) groups is 1. The fourth-order valence-corrected chi connectivity index (χ4v) is 4.92. The first-order valence-corrected chi connectivity index (χ1v) is 9.87. The molecule has 5 rings (SSSR count). The van der Waals surface area contributed by atoms with Gasteiger partial charge in [0.25, 0.3) is 0 Å². The van der Waals surface area contributed by atoms with Crippen LogP contribution >= 0.6 is 0 Å². The highest BCUT2D eigenvalue weighted by Gasteiger charge is 2.51. The van der Waals surface area contributed by atoms with Crippen LogP contribution in [-0.2, 0) is 14.3 Å². The second-order valence-electron chi connectivity index (χ2n) is 8.38. The van der Waals surface area contributed by atoms with E-state index in [4.69, 9.17) is 14.2 Å². The molecule has 1 heterocycles. The standard InChI is InChI=1S/C24H24O4/c1-15(2)22(25)28-20-10-8-17-5-3-4-6-19(17)21(20)23-26-13-24(14-27-23)12-16-7-9-18(24)11-16/h3-10,16,18,23H,1,11-14H2,2H3. The Morgan fingerprint density at radius 1 is 1.14 bits per heavy atom. The third-order valence-electron chi connectivity index (χ3n) is 6.39. The number of hydrogen-bond donors (Lipinski definition) is 0. The fraction of sp³-hybridized carbons (Fsp3) is 0.375. The van der Waals surface area contributed by atoms with Crippen molar-refractivity contribution in [1.29, 1.82) is 0 Å². The van der Waals surface area contributed by atoms with E-state index in [2.05, 4.69) is 18.7 Å². The van der Waals surface area contributed by atoms with Crippen molar-refractivity contribution in [3.63, 3.8) is 0 Å². The lowest BCUT2D eigenvalue weighted by atomic mass is 9.76. The summed E-state index contributed by atoms with van der Waals surface area (Å²) in [5.41, 5.74) is 1.23. The second-order valence-corrected chi connectivity index (χ2v) is 8.38. The Bertz CT molecular complexity index is 981.